The molecule has 0 aliphatic heterocycles. The lowest BCUT2D eigenvalue weighted by molar-refractivity contribution is -0.385. The third-order valence-corrected chi connectivity index (χ3v) is 3.26. The fourth-order valence-electron chi connectivity index (χ4n) is 1.44. The number of rotatable bonds is 7. The average molecular weight is 252 g/mol. The van der Waals surface area contributed by atoms with Crippen molar-refractivity contribution in [3.63, 3.8) is 0 Å². The molecule has 0 aliphatic carbocycles. The monoisotopic (exact) mass is 252 g/mol. The molecule has 0 aliphatic rings. The van der Waals surface area contributed by atoms with Gasteiger partial charge in [0.05, 0.1) is 4.92 Å². The van der Waals surface area contributed by atoms with Crippen molar-refractivity contribution in [2.75, 3.05) is 23.4 Å². The second-order valence-electron chi connectivity index (χ2n) is 3.50. The van der Waals surface area contributed by atoms with Gasteiger partial charge in [0.15, 0.2) is 0 Å². The van der Waals surface area contributed by atoms with Gasteiger partial charge in [-0.05, 0) is 13.0 Å². The molecule has 1 N–H and O–H groups in total. The first-order valence-corrected chi connectivity index (χ1v) is 6.48. The molecule has 0 fully saturated rings. The Kier molecular flexibility index (Phi) is 5.56. The van der Waals surface area contributed by atoms with E-state index in [4.69, 9.17) is 0 Å². The van der Waals surface area contributed by atoms with Gasteiger partial charge in [-0.15, -0.1) is 6.58 Å². The Labute approximate surface area is 105 Å². The van der Waals surface area contributed by atoms with E-state index in [-0.39, 0.29) is 10.6 Å². The first kappa shape index (κ1) is 13.6. The van der Waals surface area contributed by atoms with Crippen molar-refractivity contribution in [1.82, 2.24) is 0 Å². The van der Waals surface area contributed by atoms with E-state index in [9.17, 15) is 10.1 Å². The Bertz CT molecular complexity index is 407. The molecule has 0 heterocycles. The third kappa shape index (κ3) is 4.11. The minimum Gasteiger partial charge on any atom is -0.384 e. The normalized spacial score (nSPS) is 9.94. The summed E-state index contributed by atoms with van der Waals surface area (Å²) in [6.45, 7) is 6.20. The fraction of sp³-hybridized carbons (Fsp3) is 0.333. The molecule has 5 heteroatoms. The molecule has 0 saturated carbocycles. The number of anilines is 1. The number of thioether (sulfide) groups is 1. The van der Waals surface area contributed by atoms with E-state index < -0.39 is 0 Å². The van der Waals surface area contributed by atoms with Crippen LogP contribution in [0, 0.1) is 17.0 Å². The lowest BCUT2D eigenvalue weighted by atomic mass is 10.1. The number of hydrogen-bond donors (Lipinski definition) is 1. The SMILES string of the molecule is C=CCSCCNc1cccc([N+](=O)[O-])c1C. The van der Waals surface area contributed by atoms with Crippen LogP contribution in [0.4, 0.5) is 11.4 Å². The summed E-state index contributed by atoms with van der Waals surface area (Å²) in [5.74, 6) is 1.88. The van der Waals surface area contributed by atoms with Crippen LogP contribution in [0.15, 0.2) is 30.9 Å². The Balaban J connectivity index is 2.56. The maximum atomic E-state index is 10.8. The van der Waals surface area contributed by atoms with Crippen molar-refractivity contribution >= 4 is 23.1 Å². The van der Waals surface area contributed by atoms with Gasteiger partial charge in [0.25, 0.3) is 5.69 Å². The minimum absolute atomic E-state index is 0.161. The van der Waals surface area contributed by atoms with Gasteiger partial charge in [0.1, 0.15) is 0 Å². The Morgan fingerprint density at radius 2 is 2.35 bits per heavy atom. The summed E-state index contributed by atoms with van der Waals surface area (Å²) in [6.07, 6.45) is 1.86. The van der Waals surface area contributed by atoms with Gasteiger partial charge in [-0.2, -0.15) is 11.8 Å². The van der Waals surface area contributed by atoms with E-state index in [1.54, 1.807) is 24.8 Å². The summed E-state index contributed by atoms with van der Waals surface area (Å²) in [4.78, 5) is 10.4. The van der Waals surface area contributed by atoms with Crippen molar-refractivity contribution in [1.29, 1.82) is 0 Å². The highest BCUT2D eigenvalue weighted by Crippen LogP contribution is 2.24. The van der Waals surface area contributed by atoms with Gasteiger partial charge in [-0.25, -0.2) is 0 Å². The second kappa shape index (κ2) is 6.96. The third-order valence-electron chi connectivity index (χ3n) is 2.30. The molecule has 1 rings (SSSR count). The van der Waals surface area contributed by atoms with Crippen LogP contribution in [0.3, 0.4) is 0 Å². The molecule has 0 atom stereocenters. The number of hydrogen-bond acceptors (Lipinski definition) is 4. The molecular weight excluding hydrogens is 236 g/mol. The number of nitrogens with one attached hydrogen (secondary N) is 1. The zero-order valence-corrected chi connectivity index (χ0v) is 10.6. The van der Waals surface area contributed by atoms with Crippen LogP contribution in [0.25, 0.3) is 0 Å². The molecule has 0 aromatic heterocycles. The fourth-order valence-corrected chi connectivity index (χ4v) is 2.02. The number of nitro groups is 1. The topological polar surface area (TPSA) is 55.2 Å². The Hall–Kier alpha value is -1.49. The highest BCUT2D eigenvalue weighted by Gasteiger charge is 2.12. The quantitative estimate of drug-likeness (QED) is 0.350. The molecule has 0 radical (unpaired) electrons. The van der Waals surface area contributed by atoms with Crippen LogP contribution in [0.5, 0.6) is 0 Å². The zero-order chi connectivity index (χ0) is 12.7. The van der Waals surface area contributed by atoms with Crippen LogP contribution < -0.4 is 5.32 Å². The van der Waals surface area contributed by atoms with Crippen LogP contribution in [0.2, 0.25) is 0 Å². The molecule has 1 aromatic carbocycles. The van der Waals surface area contributed by atoms with Crippen molar-refractivity contribution in [2.45, 2.75) is 6.92 Å². The summed E-state index contributed by atoms with van der Waals surface area (Å²) >= 11 is 1.77. The van der Waals surface area contributed by atoms with Crippen LogP contribution in [-0.4, -0.2) is 23.0 Å². The molecule has 0 saturated heterocycles. The predicted molar refractivity (Wildman–Crippen MR) is 73.8 cm³/mol. The maximum absolute atomic E-state index is 10.8. The zero-order valence-electron chi connectivity index (χ0n) is 9.81. The van der Waals surface area contributed by atoms with Gasteiger partial charge in [-0.3, -0.25) is 10.1 Å². The molecule has 0 amide bonds. The van der Waals surface area contributed by atoms with E-state index in [0.29, 0.717) is 5.56 Å². The van der Waals surface area contributed by atoms with Gasteiger partial charge >= 0.3 is 0 Å². The van der Waals surface area contributed by atoms with Gasteiger partial charge in [0.2, 0.25) is 0 Å². The number of nitrogens with zero attached hydrogens (tertiary/aromatic N) is 1. The smallest absolute Gasteiger partial charge is 0.274 e. The molecule has 0 spiro atoms. The number of benzene rings is 1. The highest BCUT2D eigenvalue weighted by molar-refractivity contribution is 7.99. The summed E-state index contributed by atoms with van der Waals surface area (Å²) in [6, 6.07) is 5.08. The Morgan fingerprint density at radius 1 is 1.59 bits per heavy atom. The number of nitro benzene ring substituents is 1. The predicted octanol–water partition coefficient (Wildman–Crippen LogP) is 3.23. The summed E-state index contributed by atoms with van der Waals surface area (Å²) in [5.41, 5.74) is 1.68. The largest absolute Gasteiger partial charge is 0.384 e. The van der Waals surface area contributed by atoms with Crippen LogP contribution in [-0.2, 0) is 0 Å². The highest BCUT2D eigenvalue weighted by atomic mass is 32.2. The second-order valence-corrected chi connectivity index (χ2v) is 4.65. The lowest BCUT2D eigenvalue weighted by Gasteiger charge is -2.08. The van der Waals surface area contributed by atoms with E-state index >= 15 is 0 Å². The summed E-state index contributed by atoms with van der Waals surface area (Å²) in [5, 5.41) is 14.0. The standard InChI is InChI=1S/C12H16N2O2S/c1-3-8-17-9-7-13-11-5-4-6-12(10(11)2)14(15)16/h3-6,13H,1,7-9H2,2H3. The van der Waals surface area contributed by atoms with Gasteiger partial charge < -0.3 is 5.32 Å². The van der Waals surface area contributed by atoms with Crippen LogP contribution >= 0.6 is 11.8 Å². The van der Waals surface area contributed by atoms with E-state index in [2.05, 4.69) is 11.9 Å². The summed E-state index contributed by atoms with van der Waals surface area (Å²) in [7, 11) is 0. The van der Waals surface area contributed by atoms with E-state index in [1.807, 2.05) is 12.1 Å². The molecule has 0 unspecified atom stereocenters. The van der Waals surface area contributed by atoms with Crippen molar-refractivity contribution in [3.05, 3.63) is 46.5 Å². The van der Waals surface area contributed by atoms with Crippen molar-refractivity contribution < 1.29 is 4.92 Å². The molecular formula is C12H16N2O2S. The van der Waals surface area contributed by atoms with Gasteiger partial charge in [0, 0.05) is 35.4 Å². The maximum Gasteiger partial charge on any atom is 0.274 e. The minimum atomic E-state index is -0.354. The summed E-state index contributed by atoms with van der Waals surface area (Å²) < 4.78 is 0. The lowest BCUT2D eigenvalue weighted by Crippen LogP contribution is -2.06. The van der Waals surface area contributed by atoms with Crippen LogP contribution in [0.1, 0.15) is 5.56 Å². The molecule has 1 aromatic rings. The van der Waals surface area contributed by atoms with Crippen molar-refractivity contribution in [2.24, 2.45) is 0 Å². The molecule has 17 heavy (non-hydrogen) atoms. The Morgan fingerprint density at radius 3 is 3.00 bits per heavy atom. The van der Waals surface area contributed by atoms with Gasteiger partial charge in [-0.1, -0.05) is 12.1 Å². The van der Waals surface area contributed by atoms with E-state index in [0.717, 1.165) is 23.7 Å². The molecule has 92 valence electrons. The van der Waals surface area contributed by atoms with E-state index in [1.165, 1.54) is 6.07 Å². The first-order valence-electron chi connectivity index (χ1n) is 5.33. The average Bonchev–Trinajstić information content (AvgIpc) is 2.30. The molecule has 4 nitrogen and oxygen atoms in total. The first-order chi connectivity index (χ1) is 8.16. The molecule has 0 bridgehead atoms. The van der Waals surface area contributed by atoms with Crippen molar-refractivity contribution in [3.8, 4) is 0 Å².